The number of ether oxygens (including phenoxy) is 1. The molecule has 1 aromatic carbocycles. The number of hydrogen-bond acceptors (Lipinski definition) is 4. The van der Waals surface area contributed by atoms with Crippen LogP contribution in [0, 0.1) is 5.82 Å². The number of methoxy groups -OCH3 is 1. The summed E-state index contributed by atoms with van der Waals surface area (Å²) in [6.07, 6.45) is 3.82. The van der Waals surface area contributed by atoms with Crippen LogP contribution in [0.25, 0.3) is 27.7 Å². The molecule has 3 aromatic rings. The molecule has 0 aliphatic carbocycles. The van der Waals surface area contributed by atoms with Crippen LogP contribution in [0.5, 0.6) is 5.75 Å². The Kier molecular flexibility index (Phi) is 5.07. The minimum absolute atomic E-state index is 0.0819. The van der Waals surface area contributed by atoms with Crippen molar-refractivity contribution < 1.29 is 13.9 Å². The van der Waals surface area contributed by atoms with E-state index in [0.29, 0.717) is 24.4 Å². The predicted octanol–water partition coefficient (Wildman–Crippen LogP) is 3.16. The summed E-state index contributed by atoms with van der Waals surface area (Å²) in [5, 5.41) is 0.898. The van der Waals surface area contributed by atoms with Crippen molar-refractivity contribution in [3.05, 3.63) is 54.1 Å². The molecule has 0 fully saturated rings. The maximum atomic E-state index is 13.9. The Labute approximate surface area is 168 Å². The molecule has 1 aliphatic rings. The molecular formula is C22H23FN4O2. The van der Waals surface area contributed by atoms with Gasteiger partial charge in [-0.25, -0.2) is 9.37 Å². The molecule has 6 nitrogen and oxygen atoms in total. The summed E-state index contributed by atoms with van der Waals surface area (Å²) in [5.41, 5.74) is 4.34. The Morgan fingerprint density at radius 1 is 1.28 bits per heavy atom. The second-order valence-corrected chi connectivity index (χ2v) is 7.34. The van der Waals surface area contributed by atoms with Gasteiger partial charge in [-0.1, -0.05) is 6.08 Å². The molecule has 0 unspecified atom stereocenters. The molecule has 0 radical (unpaired) electrons. The normalized spacial score (nSPS) is 14.3. The van der Waals surface area contributed by atoms with Crippen LogP contribution in [0.1, 0.15) is 5.69 Å². The molecule has 4 rings (SSSR count). The number of halogens is 1. The number of likely N-dealkylation sites (N-methyl/N-ethyl adjacent to an activating group) is 1. The van der Waals surface area contributed by atoms with Gasteiger partial charge < -0.3 is 14.6 Å². The van der Waals surface area contributed by atoms with Gasteiger partial charge in [0.15, 0.2) is 0 Å². The molecule has 29 heavy (non-hydrogen) atoms. The van der Waals surface area contributed by atoms with Crippen LogP contribution in [-0.2, 0) is 4.79 Å². The first kappa shape index (κ1) is 19.1. The summed E-state index contributed by atoms with van der Waals surface area (Å²) in [5.74, 6) is 0.370. The minimum Gasteiger partial charge on any atom is -0.496 e. The van der Waals surface area contributed by atoms with Gasteiger partial charge in [0.1, 0.15) is 17.2 Å². The summed E-state index contributed by atoms with van der Waals surface area (Å²) in [6.45, 7) is 1.80. The van der Waals surface area contributed by atoms with Crippen molar-refractivity contribution in [2.75, 3.05) is 40.8 Å². The second-order valence-electron chi connectivity index (χ2n) is 7.34. The van der Waals surface area contributed by atoms with E-state index in [1.54, 1.807) is 38.4 Å². The number of pyridine rings is 1. The Bertz CT molecular complexity index is 1100. The second kappa shape index (κ2) is 7.67. The Balaban J connectivity index is 1.66. The third-order valence-corrected chi connectivity index (χ3v) is 5.18. The number of carbonyl (C=O) groups excluding carboxylic acids is 1. The molecule has 0 atom stereocenters. The van der Waals surface area contributed by atoms with Crippen molar-refractivity contribution >= 4 is 22.5 Å². The van der Waals surface area contributed by atoms with Gasteiger partial charge in [-0.15, -0.1) is 0 Å². The number of benzene rings is 1. The highest BCUT2D eigenvalue weighted by Gasteiger charge is 2.21. The summed E-state index contributed by atoms with van der Waals surface area (Å²) >= 11 is 0. The van der Waals surface area contributed by atoms with Gasteiger partial charge in [-0.05, 0) is 41.5 Å². The number of aromatic amines is 1. The maximum absolute atomic E-state index is 13.9. The van der Waals surface area contributed by atoms with Crippen LogP contribution in [0.15, 0.2) is 42.6 Å². The average Bonchev–Trinajstić information content (AvgIpc) is 3.34. The van der Waals surface area contributed by atoms with E-state index in [0.717, 1.165) is 34.4 Å². The first-order valence-corrected chi connectivity index (χ1v) is 9.40. The van der Waals surface area contributed by atoms with Gasteiger partial charge in [-0.2, -0.15) is 0 Å². The molecule has 0 spiro atoms. The molecular weight excluding hydrogens is 371 g/mol. The molecule has 3 heterocycles. The summed E-state index contributed by atoms with van der Waals surface area (Å²) in [7, 11) is 5.10. The third kappa shape index (κ3) is 3.73. The zero-order chi connectivity index (χ0) is 20.5. The van der Waals surface area contributed by atoms with Gasteiger partial charge in [0.25, 0.3) is 0 Å². The highest BCUT2D eigenvalue weighted by atomic mass is 19.1. The number of aromatic nitrogens is 2. The average molecular weight is 394 g/mol. The van der Waals surface area contributed by atoms with Crippen molar-refractivity contribution in [2.45, 2.75) is 0 Å². The third-order valence-electron chi connectivity index (χ3n) is 5.18. The van der Waals surface area contributed by atoms with E-state index < -0.39 is 0 Å². The molecule has 2 aromatic heterocycles. The zero-order valence-electron chi connectivity index (χ0n) is 16.7. The van der Waals surface area contributed by atoms with E-state index in [-0.39, 0.29) is 11.7 Å². The van der Waals surface area contributed by atoms with Crippen molar-refractivity contribution in [1.82, 2.24) is 19.8 Å². The molecule has 1 N–H and O–H groups in total. The van der Waals surface area contributed by atoms with Crippen molar-refractivity contribution in [3.8, 4) is 16.9 Å². The summed E-state index contributed by atoms with van der Waals surface area (Å²) in [6, 6.07) is 8.39. The standard InChI is InChI=1S/C22H23FN4O2/c1-26(2)21(28)13-27-9-7-14(12-27)19-11-18-16(6-8-24-22(18)25-19)17-10-15(23)4-5-20(17)29-3/h4-8,10-11H,9,12-13H2,1-3H3,(H,24,25). The number of rotatable bonds is 5. The van der Waals surface area contributed by atoms with Crippen LogP contribution in [0.2, 0.25) is 0 Å². The van der Waals surface area contributed by atoms with E-state index in [9.17, 15) is 9.18 Å². The van der Waals surface area contributed by atoms with Gasteiger partial charge >= 0.3 is 0 Å². The molecule has 150 valence electrons. The van der Waals surface area contributed by atoms with Gasteiger partial charge in [0, 0.05) is 50.0 Å². The summed E-state index contributed by atoms with van der Waals surface area (Å²) in [4.78, 5) is 23.5. The first-order valence-electron chi connectivity index (χ1n) is 9.40. The lowest BCUT2D eigenvalue weighted by Crippen LogP contribution is -2.35. The Hall–Kier alpha value is -3.19. The highest BCUT2D eigenvalue weighted by Crippen LogP contribution is 2.36. The van der Waals surface area contributed by atoms with E-state index >= 15 is 0 Å². The molecule has 0 saturated heterocycles. The highest BCUT2D eigenvalue weighted by molar-refractivity contribution is 5.97. The van der Waals surface area contributed by atoms with E-state index in [4.69, 9.17) is 4.74 Å². The lowest BCUT2D eigenvalue weighted by Gasteiger charge is -2.18. The molecule has 0 bridgehead atoms. The zero-order valence-corrected chi connectivity index (χ0v) is 16.7. The topological polar surface area (TPSA) is 61.5 Å². The van der Waals surface area contributed by atoms with Crippen molar-refractivity contribution in [3.63, 3.8) is 0 Å². The summed E-state index contributed by atoms with van der Waals surface area (Å²) < 4.78 is 19.3. The van der Waals surface area contributed by atoms with Crippen LogP contribution >= 0.6 is 0 Å². The maximum Gasteiger partial charge on any atom is 0.236 e. The fourth-order valence-corrected chi connectivity index (χ4v) is 3.58. The number of carbonyl (C=O) groups is 1. The van der Waals surface area contributed by atoms with Crippen molar-refractivity contribution in [1.29, 1.82) is 0 Å². The molecule has 1 aliphatic heterocycles. The smallest absolute Gasteiger partial charge is 0.236 e. The Morgan fingerprint density at radius 2 is 2.10 bits per heavy atom. The monoisotopic (exact) mass is 394 g/mol. The lowest BCUT2D eigenvalue weighted by atomic mass is 10.0. The predicted molar refractivity (Wildman–Crippen MR) is 111 cm³/mol. The van der Waals surface area contributed by atoms with E-state index in [1.807, 2.05) is 12.1 Å². The SMILES string of the molecule is COc1ccc(F)cc1-c1ccnc2[nH]c(C3=CCN(CC(=O)N(C)C)C3)cc12. The van der Waals surface area contributed by atoms with E-state index in [2.05, 4.69) is 20.9 Å². The number of H-pyrrole nitrogens is 1. The van der Waals surface area contributed by atoms with Crippen LogP contribution in [-0.4, -0.2) is 66.5 Å². The Morgan fingerprint density at radius 3 is 2.86 bits per heavy atom. The first-order chi connectivity index (χ1) is 14.0. The fraction of sp³-hybridized carbons (Fsp3) is 0.273. The van der Waals surface area contributed by atoms with Gasteiger partial charge in [-0.3, -0.25) is 9.69 Å². The number of fused-ring (bicyclic) bond motifs is 1. The number of nitrogens with one attached hydrogen (secondary N) is 1. The fourth-order valence-electron chi connectivity index (χ4n) is 3.58. The lowest BCUT2D eigenvalue weighted by molar-refractivity contribution is -0.129. The quantitative estimate of drug-likeness (QED) is 0.722. The number of nitrogens with zero attached hydrogens (tertiary/aromatic N) is 3. The molecule has 1 amide bonds. The van der Waals surface area contributed by atoms with Gasteiger partial charge in [0.2, 0.25) is 5.91 Å². The van der Waals surface area contributed by atoms with Crippen LogP contribution in [0.3, 0.4) is 0 Å². The number of amides is 1. The van der Waals surface area contributed by atoms with Crippen LogP contribution < -0.4 is 4.74 Å². The number of hydrogen-bond donors (Lipinski definition) is 1. The largest absolute Gasteiger partial charge is 0.496 e. The minimum atomic E-state index is -0.318. The van der Waals surface area contributed by atoms with Crippen molar-refractivity contribution in [2.24, 2.45) is 0 Å². The van der Waals surface area contributed by atoms with Crippen LogP contribution in [0.4, 0.5) is 4.39 Å². The van der Waals surface area contributed by atoms with Gasteiger partial charge in [0.05, 0.1) is 13.7 Å². The molecule has 0 saturated carbocycles. The van der Waals surface area contributed by atoms with E-state index in [1.165, 1.54) is 12.1 Å². The molecule has 7 heteroatoms.